The van der Waals surface area contributed by atoms with E-state index in [4.69, 9.17) is 0 Å². The van der Waals surface area contributed by atoms with Crippen molar-refractivity contribution in [3.8, 4) is 6.07 Å². The Labute approximate surface area is 136 Å². The molecule has 5 heteroatoms. The molecule has 0 bridgehead atoms. The standard InChI is InChI=1S/C18H21N3O2/c1-21(18(12-19)10-5-11-18)17(23)14-8-9-15(20-16(14)22)13-6-3-2-4-7-13/h2-4,6-7,14-15H,5,8-11H2,1H3,(H,20,22). The van der Waals surface area contributed by atoms with Gasteiger partial charge in [-0.05, 0) is 37.7 Å². The number of nitrogens with one attached hydrogen (secondary N) is 1. The number of benzene rings is 1. The van der Waals surface area contributed by atoms with Gasteiger partial charge in [0.2, 0.25) is 11.8 Å². The van der Waals surface area contributed by atoms with E-state index in [1.165, 1.54) is 4.90 Å². The Morgan fingerprint density at radius 3 is 2.52 bits per heavy atom. The summed E-state index contributed by atoms with van der Waals surface area (Å²) in [6.07, 6.45) is 3.62. The van der Waals surface area contributed by atoms with Crippen molar-refractivity contribution in [3.05, 3.63) is 35.9 Å². The van der Waals surface area contributed by atoms with E-state index in [9.17, 15) is 14.9 Å². The predicted molar refractivity (Wildman–Crippen MR) is 85.0 cm³/mol. The van der Waals surface area contributed by atoms with Crippen molar-refractivity contribution in [2.45, 2.75) is 43.7 Å². The van der Waals surface area contributed by atoms with Gasteiger partial charge >= 0.3 is 0 Å². The third-order valence-electron chi connectivity index (χ3n) is 5.24. The van der Waals surface area contributed by atoms with Crippen molar-refractivity contribution in [1.82, 2.24) is 10.2 Å². The molecule has 2 amide bonds. The Hall–Kier alpha value is -2.35. The molecule has 1 aliphatic heterocycles. The summed E-state index contributed by atoms with van der Waals surface area (Å²) >= 11 is 0. The maximum atomic E-state index is 12.7. The molecule has 5 nitrogen and oxygen atoms in total. The topological polar surface area (TPSA) is 73.2 Å². The summed E-state index contributed by atoms with van der Waals surface area (Å²) in [6, 6.07) is 12.0. The van der Waals surface area contributed by atoms with Crippen LogP contribution in [-0.2, 0) is 9.59 Å². The van der Waals surface area contributed by atoms with E-state index in [2.05, 4.69) is 11.4 Å². The average molecular weight is 311 g/mol. The number of nitriles is 1. The highest BCUT2D eigenvalue weighted by molar-refractivity contribution is 6.01. The molecule has 1 saturated carbocycles. The molecule has 0 aromatic heterocycles. The monoisotopic (exact) mass is 311 g/mol. The van der Waals surface area contributed by atoms with Gasteiger partial charge in [-0.2, -0.15) is 5.26 Å². The summed E-state index contributed by atoms with van der Waals surface area (Å²) in [5.41, 5.74) is 0.362. The lowest BCUT2D eigenvalue weighted by Gasteiger charge is -2.44. The van der Waals surface area contributed by atoms with Crippen LogP contribution in [0.2, 0.25) is 0 Å². The minimum Gasteiger partial charge on any atom is -0.349 e. The highest BCUT2D eigenvalue weighted by Gasteiger charge is 2.46. The van der Waals surface area contributed by atoms with Crippen molar-refractivity contribution in [2.75, 3.05) is 7.05 Å². The normalized spacial score (nSPS) is 25.7. The molecule has 23 heavy (non-hydrogen) atoms. The largest absolute Gasteiger partial charge is 0.349 e. The second-order valence-electron chi connectivity index (χ2n) is 6.50. The van der Waals surface area contributed by atoms with Gasteiger partial charge in [0.25, 0.3) is 0 Å². The molecule has 1 heterocycles. The van der Waals surface area contributed by atoms with Crippen LogP contribution < -0.4 is 5.32 Å². The van der Waals surface area contributed by atoms with Crippen molar-refractivity contribution in [2.24, 2.45) is 5.92 Å². The van der Waals surface area contributed by atoms with Crippen LogP contribution in [-0.4, -0.2) is 29.3 Å². The molecular formula is C18H21N3O2. The van der Waals surface area contributed by atoms with Gasteiger partial charge < -0.3 is 10.2 Å². The molecule has 1 aromatic rings. The number of hydrogen-bond acceptors (Lipinski definition) is 3. The van der Waals surface area contributed by atoms with Gasteiger partial charge in [-0.25, -0.2) is 0 Å². The van der Waals surface area contributed by atoms with Crippen LogP contribution in [0.1, 0.15) is 43.7 Å². The third kappa shape index (κ3) is 2.70. The van der Waals surface area contributed by atoms with Crippen LogP contribution in [0.5, 0.6) is 0 Å². The molecule has 2 aliphatic rings. The second kappa shape index (κ2) is 6.04. The molecule has 0 radical (unpaired) electrons. The highest BCUT2D eigenvalue weighted by atomic mass is 16.2. The van der Waals surface area contributed by atoms with Crippen LogP contribution in [0.25, 0.3) is 0 Å². The summed E-state index contributed by atoms with van der Waals surface area (Å²) in [6.45, 7) is 0. The Morgan fingerprint density at radius 1 is 1.30 bits per heavy atom. The molecule has 1 N–H and O–H groups in total. The first-order valence-electron chi connectivity index (χ1n) is 8.12. The fraction of sp³-hybridized carbons (Fsp3) is 0.500. The molecule has 120 valence electrons. The summed E-state index contributed by atoms with van der Waals surface area (Å²) in [7, 11) is 1.65. The molecule has 1 saturated heterocycles. The smallest absolute Gasteiger partial charge is 0.236 e. The summed E-state index contributed by atoms with van der Waals surface area (Å²) < 4.78 is 0. The molecule has 1 aromatic carbocycles. The number of carbonyl (C=O) groups is 2. The van der Waals surface area contributed by atoms with E-state index in [0.29, 0.717) is 19.3 Å². The minimum atomic E-state index is -0.701. The van der Waals surface area contributed by atoms with Gasteiger partial charge in [0.05, 0.1) is 12.1 Å². The van der Waals surface area contributed by atoms with Gasteiger partial charge in [-0.15, -0.1) is 0 Å². The zero-order valence-electron chi connectivity index (χ0n) is 13.3. The average Bonchev–Trinajstić information content (AvgIpc) is 2.54. The second-order valence-corrected chi connectivity index (χ2v) is 6.50. The van der Waals surface area contributed by atoms with Crippen LogP contribution in [0.15, 0.2) is 30.3 Å². The third-order valence-corrected chi connectivity index (χ3v) is 5.24. The summed E-state index contributed by atoms with van der Waals surface area (Å²) in [5.74, 6) is -1.13. The molecule has 0 spiro atoms. The molecule has 2 atom stereocenters. The molecule has 2 unspecified atom stereocenters. The van der Waals surface area contributed by atoms with E-state index in [1.54, 1.807) is 7.05 Å². The van der Waals surface area contributed by atoms with E-state index < -0.39 is 11.5 Å². The number of nitrogens with zero attached hydrogens (tertiary/aromatic N) is 2. The Balaban J connectivity index is 1.68. The number of hydrogen-bond donors (Lipinski definition) is 1. The lowest BCUT2D eigenvalue weighted by atomic mass is 9.76. The quantitative estimate of drug-likeness (QED) is 0.869. The fourth-order valence-corrected chi connectivity index (χ4v) is 3.46. The number of piperidine rings is 1. The Morgan fingerprint density at radius 2 is 2.00 bits per heavy atom. The SMILES string of the molecule is CN(C(=O)C1CCC(c2ccccc2)NC1=O)C1(C#N)CCC1. The summed E-state index contributed by atoms with van der Waals surface area (Å²) in [4.78, 5) is 26.6. The van der Waals surface area contributed by atoms with Gasteiger partial charge in [0, 0.05) is 7.05 Å². The van der Waals surface area contributed by atoms with Crippen molar-refractivity contribution in [1.29, 1.82) is 5.26 Å². The summed E-state index contributed by atoms with van der Waals surface area (Å²) in [5, 5.41) is 12.3. The van der Waals surface area contributed by atoms with Crippen molar-refractivity contribution in [3.63, 3.8) is 0 Å². The number of amides is 2. The molecule has 2 fully saturated rings. The van der Waals surface area contributed by atoms with Crippen molar-refractivity contribution < 1.29 is 9.59 Å². The Bertz CT molecular complexity index is 646. The molecule has 3 rings (SSSR count). The van der Waals surface area contributed by atoms with Gasteiger partial charge in [0.15, 0.2) is 0 Å². The first-order valence-corrected chi connectivity index (χ1v) is 8.12. The zero-order valence-corrected chi connectivity index (χ0v) is 13.3. The lowest BCUT2D eigenvalue weighted by Crippen LogP contribution is -2.57. The maximum absolute atomic E-state index is 12.7. The first-order chi connectivity index (χ1) is 11.1. The highest BCUT2D eigenvalue weighted by Crippen LogP contribution is 2.38. The van der Waals surface area contributed by atoms with Gasteiger partial charge in [-0.3, -0.25) is 9.59 Å². The predicted octanol–water partition coefficient (Wildman–Crippen LogP) is 2.16. The maximum Gasteiger partial charge on any atom is 0.236 e. The minimum absolute atomic E-state index is 0.0355. The van der Waals surface area contributed by atoms with Crippen molar-refractivity contribution >= 4 is 11.8 Å². The van der Waals surface area contributed by atoms with Crippen LogP contribution in [0, 0.1) is 17.2 Å². The van der Waals surface area contributed by atoms with Gasteiger partial charge in [-0.1, -0.05) is 30.3 Å². The van der Waals surface area contributed by atoms with Crippen LogP contribution in [0.4, 0.5) is 0 Å². The van der Waals surface area contributed by atoms with E-state index in [1.807, 2.05) is 30.3 Å². The molecular weight excluding hydrogens is 290 g/mol. The van der Waals surface area contributed by atoms with E-state index in [0.717, 1.165) is 18.4 Å². The van der Waals surface area contributed by atoms with E-state index in [-0.39, 0.29) is 17.9 Å². The zero-order chi connectivity index (χ0) is 16.4. The number of carbonyl (C=O) groups excluding carboxylic acids is 2. The lowest BCUT2D eigenvalue weighted by molar-refractivity contribution is -0.148. The Kier molecular flexibility index (Phi) is 4.08. The number of rotatable bonds is 3. The fourth-order valence-electron chi connectivity index (χ4n) is 3.46. The van der Waals surface area contributed by atoms with E-state index >= 15 is 0 Å². The van der Waals surface area contributed by atoms with Crippen LogP contribution >= 0.6 is 0 Å². The first kappa shape index (κ1) is 15.5. The van der Waals surface area contributed by atoms with Gasteiger partial charge in [0.1, 0.15) is 11.5 Å². The van der Waals surface area contributed by atoms with Crippen LogP contribution in [0.3, 0.4) is 0 Å². The molecule has 1 aliphatic carbocycles.